The summed E-state index contributed by atoms with van der Waals surface area (Å²) in [4.78, 5) is 26.2. The smallest absolute Gasteiger partial charge is 0.289 e. The van der Waals surface area contributed by atoms with E-state index < -0.39 is 0 Å². The lowest BCUT2D eigenvalue weighted by Gasteiger charge is -2.29. The number of nitrogens with zero attached hydrogens (tertiary/aromatic N) is 4. The number of likely N-dealkylation sites (tertiary alicyclic amines) is 1. The van der Waals surface area contributed by atoms with Gasteiger partial charge in [0.2, 0.25) is 5.82 Å². The predicted octanol–water partition coefficient (Wildman–Crippen LogP) is 3.63. The number of carbonyl (C=O) groups excluding carboxylic acids is 2. The quantitative estimate of drug-likeness (QED) is 0.412. The molecule has 9 nitrogen and oxygen atoms in total. The lowest BCUT2D eigenvalue weighted by atomic mass is 9.98. The van der Waals surface area contributed by atoms with Crippen LogP contribution in [0.1, 0.15) is 61.3 Å². The van der Waals surface area contributed by atoms with Crippen molar-refractivity contribution in [3.63, 3.8) is 0 Å². The van der Waals surface area contributed by atoms with Gasteiger partial charge in [-0.1, -0.05) is 26.0 Å². The zero-order valence-electron chi connectivity index (χ0n) is 20.9. The molecule has 0 saturated carbocycles. The van der Waals surface area contributed by atoms with Gasteiger partial charge >= 0.3 is 0 Å². The van der Waals surface area contributed by atoms with Crippen molar-refractivity contribution in [2.45, 2.75) is 46.1 Å². The van der Waals surface area contributed by atoms with Gasteiger partial charge in [0.15, 0.2) is 5.82 Å². The average Bonchev–Trinajstić information content (AvgIpc) is 3.30. The zero-order valence-corrected chi connectivity index (χ0v) is 20.9. The van der Waals surface area contributed by atoms with E-state index in [1.807, 2.05) is 45.0 Å². The number of nitrogens with one attached hydrogen (secondary N) is 1. The van der Waals surface area contributed by atoms with Gasteiger partial charge in [-0.3, -0.25) is 14.3 Å². The van der Waals surface area contributed by atoms with Crippen LogP contribution in [0.15, 0.2) is 36.4 Å². The number of hydrogen-bond acceptors (Lipinski definition) is 7. The molecule has 0 spiro atoms. The second kappa shape index (κ2) is 10.9. The number of piperidine rings is 1. The van der Waals surface area contributed by atoms with Crippen LogP contribution in [0.2, 0.25) is 0 Å². The number of phenolic OH excluding ortho intramolecular Hbond substituents is 2. The Kier molecular flexibility index (Phi) is 7.69. The normalized spacial score (nSPS) is 14.8. The molecule has 1 saturated heterocycles. The van der Waals surface area contributed by atoms with Crippen molar-refractivity contribution < 1.29 is 19.8 Å². The van der Waals surface area contributed by atoms with Gasteiger partial charge in [0, 0.05) is 30.8 Å². The lowest BCUT2D eigenvalue weighted by Crippen LogP contribution is -2.33. The summed E-state index contributed by atoms with van der Waals surface area (Å²) in [5.41, 5.74) is 2.83. The number of hydrogen-bond donors (Lipinski definition) is 3. The van der Waals surface area contributed by atoms with E-state index in [-0.39, 0.29) is 35.1 Å². The van der Waals surface area contributed by atoms with Crippen LogP contribution in [0, 0.1) is 5.92 Å². The first kappa shape index (κ1) is 25.4. The molecule has 1 fully saturated rings. The van der Waals surface area contributed by atoms with Crippen LogP contribution in [-0.2, 0) is 11.3 Å². The third-order valence-corrected chi connectivity index (χ3v) is 6.64. The SMILES string of the molecule is CCNC(=O)c1nnc(-c2cc(C(C)C)c(O)cc2O)n1-c1ccc(CN2CCC(C=O)CC2)cc1. The molecule has 3 N–H and O–H groups in total. The fraction of sp³-hybridized carbons (Fsp3) is 0.407. The van der Waals surface area contributed by atoms with Crippen molar-refractivity contribution in [2.75, 3.05) is 19.6 Å². The first-order chi connectivity index (χ1) is 17.3. The Bertz CT molecular complexity index is 1230. The second-order valence-electron chi connectivity index (χ2n) is 9.54. The minimum absolute atomic E-state index is 0.00259. The molecule has 0 unspecified atom stereocenters. The van der Waals surface area contributed by atoms with Crippen molar-refractivity contribution in [1.82, 2.24) is 25.0 Å². The third kappa shape index (κ3) is 5.26. The minimum atomic E-state index is -0.374. The monoisotopic (exact) mass is 491 g/mol. The number of amides is 1. The minimum Gasteiger partial charge on any atom is -0.508 e. The Morgan fingerprint density at radius 2 is 1.81 bits per heavy atom. The molecule has 2 heterocycles. The Hall–Kier alpha value is -3.72. The molecule has 3 aromatic rings. The molecule has 190 valence electrons. The van der Waals surface area contributed by atoms with E-state index in [4.69, 9.17) is 0 Å². The van der Waals surface area contributed by atoms with Gasteiger partial charge in [-0.05, 0) is 68.1 Å². The molecule has 0 atom stereocenters. The number of carbonyl (C=O) groups is 2. The number of aldehydes is 1. The van der Waals surface area contributed by atoms with E-state index in [9.17, 15) is 19.8 Å². The van der Waals surface area contributed by atoms with E-state index in [0.29, 0.717) is 29.2 Å². The van der Waals surface area contributed by atoms with Crippen molar-refractivity contribution in [3.8, 4) is 28.6 Å². The summed E-state index contributed by atoms with van der Waals surface area (Å²) in [6.45, 7) is 8.71. The van der Waals surface area contributed by atoms with E-state index in [2.05, 4.69) is 20.4 Å². The fourth-order valence-electron chi connectivity index (χ4n) is 4.58. The Balaban J connectivity index is 1.70. The molecule has 1 aromatic heterocycles. The molecule has 2 aromatic carbocycles. The number of rotatable bonds is 8. The number of aromatic hydroxyl groups is 2. The summed E-state index contributed by atoms with van der Waals surface area (Å²) in [6.07, 6.45) is 2.83. The van der Waals surface area contributed by atoms with Crippen LogP contribution < -0.4 is 5.32 Å². The number of aromatic nitrogens is 3. The largest absolute Gasteiger partial charge is 0.508 e. The lowest BCUT2D eigenvalue weighted by molar-refractivity contribution is -0.112. The number of phenols is 2. The van der Waals surface area contributed by atoms with Gasteiger partial charge in [0.25, 0.3) is 5.91 Å². The van der Waals surface area contributed by atoms with Gasteiger partial charge in [0.05, 0.1) is 5.56 Å². The highest BCUT2D eigenvalue weighted by Crippen LogP contribution is 2.38. The molecular weight excluding hydrogens is 458 g/mol. The van der Waals surface area contributed by atoms with Gasteiger partial charge < -0.3 is 20.3 Å². The molecule has 9 heteroatoms. The van der Waals surface area contributed by atoms with E-state index in [1.165, 1.54) is 6.07 Å². The van der Waals surface area contributed by atoms with Crippen molar-refractivity contribution in [1.29, 1.82) is 0 Å². The highest BCUT2D eigenvalue weighted by Gasteiger charge is 2.24. The van der Waals surface area contributed by atoms with Crippen molar-refractivity contribution in [3.05, 3.63) is 53.3 Å². The van der Waals surface area contributed by atoms with Crippen LogP contribution in [0.5, 0.6) is 11.5 Å². The summed E-state index contributed by atoms with van der Waals surface area (Å²) < 4.78 is 1.63. The zero-order chi connectivity index (χ0) is 25.8. The molecule has 1 aliphatic heterocycles. The van der Waals surface area contributed by atoms with E-state index in [1.54, 1.807) is 10.6 Å². The summed E-state index contributed by atoms with van der Waals surface area (Å²) in [6, 6.07) is 10.8. The Morgan fingerprint density at radius 1 is 1.11 bits per heavy atom. The number of benzene rings is 2. The van der Waals surface area contributed by atoms with E-state index in [0.717, 1.165) is 44.3 Å². The first-order valence-corrected chi connectivity index (χ1v) is 12.4. The standard InChI is InChI=1S/C27H33N5O4/c1-4-28-27(36)26-30-29-25(22-13-21(17(2)3)23(34)14-24(22)35)32(26)20-7-5-18(6-8-20)15-31-11-9-19(16-33)10-12-31/h5-8,13-14,16-17,19,34-35H,4,9-12,15H2,1-3H3,(H,28,36). The predicted molar refractivity (Wildman–Crippen MR) is 136 cm³/mol. The van der Waals surface area contributed by atoms with Crippen molar-refractivity contribution >= 4 is 12.2 Å². The highest BCUT2D eigenvalue weighted by atomic mass is 16.3. The van der Waals surface area contributed by atoms with E-state index >= 15 is 0 Å². The maximum Gasteiger partial charge on any atom is 0.289 e. The molecule has 0 aliphatic carbocycles. The topological polar surface area (TPSA) is 121 Å². The summed E-state index contributed by atoms with van der Waals surface area (Å²) in [7, 11) is 0. The molecule has 36 heavy (non-hydrogen) atoms. The van der Waals surface area contributed by atoms with Crippen LogP contribution in [-0.4, -0.2) is 61.7 Å². The summed E-state index contributed by atoms with van der Waals surface area (Å²) >= 11 is 0. The molecular formula is C27H33N5O4. The molecule has 0 radical (unpaired) electrons. The van der Waals surface area contributed by atoms with Crippen LogP contribution in [0.4, 0.5) is 0 Å². The van der Waals surface area contributed by atoms with Crippen LogP contribution in [0.25, 0.3) is 17.1 Å². The molecule has 1 amide bonds. The summed E-state index contributed by atoms with van der Waals surface area (Å²) in [5, 5.41) is 32.1. The van der Waals surface area contributed by atoms with Crippen LogP contribution in [0.3, 0.4) is 0 Å². The van der Waals surface area contributed by atoms with Gasteiger partial charge in [-0.15, -0.1) is 10.2 Å². The van der Waals surface area contributed by atoms with Gasteiger partial charge in [-0.2, -0.15) is 0 Å². The summed E-state index contributed by atoms with van der Waals surface area (Å²) in [5.74, 6) is 0.0655. The second-order valence-corrected chi connectivity index (χ2v) is 9.54. The van der Waals surface area contributed by atoms with Crippen molar-refractivity contribution in [2.24, 2.45) is 5.92 Å². The molecule has 1 aliphatic rings. The van der Waals surface area contributed by atoms with Crippen LogP contribution >= 0.6 is 0 Å². The first-order valence-electron chi connectivity index (χ1n) is 12.4. The third-order valence-electron chi connectivity index (χ3n) is 6.64. The fourth-order valence-corrected chi connectivity index (χ4v) is 4.58. The Labute approximate surface area is 210 Å². The Morgan fingerprint density at radius 3 is 2.42 bits per heavy atom. The maximum absolute atomic E-state index is 12.8. The van der Waals surface area contributed by atoms with Gasteiger partial charge in [0.1, 0.15) is 17.8 Å². The van der Waals surface area contributed by atoms with Gasteiger partial charge in [-0.25, -0.2) is 0 Å². The average molecular weight is 492 g/mol. The molecule has 4 rings (SSSR count). The molecule has 0 bridgehead atoms. The maximum atomic E-state index is 12.8. The highest BCUT2D eigenvalue weighted by molar-refractivity contribution is 5.92.